The van der Waals surface area contributed by atoms with Crippen molar-refractivity contribution in [3.05, 3.63) is 71.8 Å². The van der Waals surface area contributed by atoms with Gasteiger partial charge in [-0.3, -0.25) is 4.90 Å². The molecule has 0 aromatic heterocycles. The predicted molar refractivity (Wildman–Crippen MR) is 112 cm³/mol. The smallest absolute Gasteiger partial charge is 0.0233 e. The first-order valence-electron chi connectivity index (χ1n) is 10.8. The Morgan fingerprint density at radius 2 is 1.56 bits per heavy atom. The summed E-state index contributed by atoms with van der Waals surface area (Å²) < 4.78 is 0. The van der Waals surface area contributed by atoms with E-state index in [1.807, 2.05) is 0 Å². The van der Waals surface area contributed by atoms with Crippen LogP contribution in [-0.4, -0.2) is 42.5 Å². The average Bonchev–Trinajstić information content (AvgIpc) is 3.13. The molecule has 3 fully saturated rings. The molecule has 0 amide bonds. The lowest BCUT2D eigenvalue weighted by Crippen LogP contribution is -2.52. The van der Waals surface area contributed by atoms with Crippen molar-refractivity contribution in [3.63, 3.8) is 0 Å². The van der Waals surface area contributed by atoms with Crippen molar-refractivity contribution < 1.29 is 0 Å². The van der Waals surface area contributed by atoms with Crippen LogP contribution in [0.25, 0.3) is 0 Å². The zero-order valence-electron chi connectivity index (χ0n) is 16.5. The molecule has 5 unspecified atom stereocenters. The molecule has 142 valence electrons. The summed E-state index contributed by atoms with van der Waals surface area (Å²) >= 11 is 0. The van der Waals surface area contributed by atoms with E-state index >= 15 is 0 Å². The first-order valence-corrected chi connectivity index (χ1v) is 10.8. The maximum Gasteiger partial charge on any atom is 0.0233 e. The van der Waals surface area contributed by atoms with Gasteiger partial charge in [-0.15, -0.1) is 0 Å². The fourth-order valence-electron chi connectivity index (χ4n) is 6.42. The maximum atomic E-state index is 2.75. The molecule has 5 atom stereocenters. The lowest BCUT2D eigenvalue weighted by molar-refractivity contribution is 0.0180. The van der Waals surface area contributed by atoms with Crippen molar-refractivity contribution in [1.29, 1.82) is 0 Å². The Morgan fingerprint density at radius 1 is 0.852 bits per heavy atom. The molecule has 2 aromatic carbocycles. The van der Waals surface area contributed by atoms with Gasteiger partial charge >= 0.3 is 0 Å². The highest BCUT2D eigenvalue weighted by molar-refractivity contribution is 5.24. The third kappa shape index (κ3) is 3.34. The van der Waals surface area contributed by atoms with Crippen LogP contribution in [0.2, 0.25) is 0 Å². The minimum atomic E-state index is 0.721. The van der Waals surface area contributed by atoms with E-state index in [1.165, 1.54) is 44.5 Å². The molecule has 1 saturated carbocycles. The van der Waals surface area contributed by atoms with Crippen LogP contribution in [0.3, 0.4) is 0 Å². The predicted octanol–water partition coefficient (Wildman–Crippen LogP) is 4.63. The van der Waals surface area contributed by atoms with Crippen LogP contribution in [0.4, 0.5) is 0 Å². The van der Waals surface area contributed by atoms with Crippen molar-refractivity contribution in [2.45, 2.75) is 37.8 Å². The lowest BCUT2D eigenvalue weighted by atomic mass is 9.61. The van der Waals surface area contributed by atoms with E-state index < -0.39 is 0 Å². The summed E-state index contributed by atoms with van der Waals surface area (Å²) in [5.74, 6) is 3.30. The molecule has 5 rings (SSSR count). The minimum absolute atomic E-state index is 0.721. The van der Waals surface area contributed by atoms with Crippen LogP contribution < -0.4 is 0 Å². The van der Waals surface area contributed by atoms with E-state index in [0.717, 1.165) is 36.3 Å². The fourth-order valence-corrected chi connectivity index (χ4v) is 6.42. The Bertz CT molecular complexity index is 743. The molecule has 1 aliphatic carbocycles. The van der Waals surface area contributed by atoms with Crippen LogP contribution in [0.1, 0.15) is 36.3 Å². The number of nitrogens with zero attached hydrogens (tertiary/aromatic N) is 2. The second-order valence-electron chi connectivity index (χ2n) is 9.11. The molecular weight excluding hydrogens is 328 g/mol. The molecule has 27 heavy (non-hydrogen) atoms. The highest BCUT2D eigenvalue weighted by Gasteiger charge is 2.50. The van der Waals surface area contributed by atoms with Crippen molar-refractivity contribution in [2.24, 2.45) is 17.8 Å². The fraction of sp³-hybridized carbons (Fsp3) is 0.520. The standard InChI is InChI=1S/C25H32N2/c1-26-14-8-13-21-23-17-27(16-19-9-4-2-5-10-19)18-24(23)22(15-25(21)26)20-11-6-3-7-12-20/h2-7,9-12,21-25H,8,13-18H2,1H3. The topological polar surface area (TPSA) is 6.48 Å². The van der Waals surface area contributed by atoms with Crippen molar-refractivity contribution >= 4 is 0 Å². The highest BCUT2D eigenvalue weighted by atomic mass is 15.2. The van der Waals surface area contributed by atoms with E-state index in [-0.39, 0.29) is 0 Å². The summed E-state index contributed by atoms with van der Waals surface area (Å²) in [6.45, 7) is 4.96. The Hall–Kier alpha value is -1.64. The quantitative estimate of drug-likeness (QED) is 0.787. The SMILES string of the molecule is CN1CCCC2C3CN(Cc4ccccc4)CC3C(c3ccccc3)CC21. The van der Waals surface area contributed by atoms with Crippen LogP contribution >= 0.6 is 0 Å². The molecule has 2 heterocycles. The van der Waals surface area contributed by atoms with E-state index in [2.05, 4.69) is 77.5 Å². The second kappa shape index (κ2) is 7.41. The van der Waals surface area contributed by atoms with Crippen LogP contribution in [0.15, 0.2) is 60.7 Å². The van der Waals surface area contributed by atoms with Crippen molar-refractivity contribution in [1.82, 2.24) is 9.80 Å². The number of hydrogen-bond donors (Lipinski definition) is 0. The zero-order chi connectivity index (χ0) is 18.2. The molecule has 2 heteroatoms. The van der Waals surface area contributed by atoms with Gasteiger partial charge in [0.2, 0.25) is 0 Å². The largest absolute Gasteiger partial charge is 0.303 e. The Morgan fingerprint density at radius 3 is 2.33 bits per heavy atom. The molecule has 3 aliphatic rings. The lowest BCUT2D eigenvalue weighted by Gasteiger charge is -2.50. The third-order valence-corrected chi connectivity index (χ3v) is 7.64. The molecule has 0 N–H and O–H groups in total. The normalized spacial score (nSPS) is 34.2. The number of benzene rings is 2. The Balaban J connectivity index is 1.42. The van der Waals surface area contributed by atoms with Gasteiger partial charge in [0.05, 0.1) is 0 Å². The maximum absolute atomic E-state index is 2.75. The molecular formula is C25H32N2. The van der Waals surface area contributed by atoms with E-state index in [9.17, 15) is 0 Å². The minimum Gasteiger partial charge on any atom is -0.303 e. The molecule has 0 bridgehead atoms. The van der Waals surface area contributed by atoms with Crippen molar-refractivity contribution in [2.75, 3.05) is 26.7 Å². The molecule has 2 nitrogen and oxygen atoms in total. The van der Waals surface area contributed by atoms with Gasteiger partial charge in [0.15, 0.2) is 0 Å². The summed E-state index contributed by atoms with van der Waals surface area (Å²) in [6.07, 6.45) is 4.18. The number of fused-ring (bicyclic) bond motifs is 3. The summed E-state index contributed by atoms with van der Waals surface area (Å²) in [7, 11) is 2.37. The van der Waals surface area contributed by atoms with E-state index in [4.69, 9.17) is 0 Å². The second-order valence-corrected chi connectivity index (χ2v) is 9.11. The summed E-state index contributed by atoms with van der Waals surface area (Å²) in [5, 5.41) is 0. The van der Waals surface area contributed by atoms with Gasteiger partial charge < -0.3 is 4.90 Å². The third-order valence-electron chi connectivity index (χ3n) is 7.64. The summed E-state index contributed by atoms with van der Waals surface area (Å²) in [5.41, 5.74) is 3.04. The van der Waals surface area contributed by atoms with Gasteiger partial charge in [0.25, 0.3) is 0 Å². The van der Waals surface area contributed by atoms with Gasteiger partial charge in [-0.25, -0.2) is 0 Å². The average molecular weight is 361 g/mol. The van der Waals surface area contributed by atoms with Gasteiger partial charge in [-0.1, -0.05) is 60.7 Å². The summed E-state index contributed by atoms with van der Waals surface area (Å²) in [4.78, 5) is 5.43. The summed E-state index contributed by atoms with van der Waals surface area (Å²) in [6, 6.07) is 23.2. The Labute approximate surface area is 164 Å². The highest BCUT2D eigenvalue weighted by Crippen LogP contribution is 2.51. The van der Waals surface area contributed by atoms with Gasteiger partial charge in [-0.05, 0) is 67.7 Å². The number of rotatable bonds is 3. The zero-order valence-corrected chi connectivity index (χ0v) is 16.5. The molecule has 0 radical (unpaired) electrons. The van der Waals surface area contributed by atoms with Crippen LogP contribution in [-0.2, 0) is 6.54 Å². The van der Waals surface area contributed by atoms with E-state index in [0.29, 0.717) is 0 Å². The Kier molecular flexibility index (Phi) is 4.79. The monoisotopic (exact) mass is 360 g/mol. The first-order chi connectivity index (χ1) is 13.3. The molecule has 2 aliphatic heterocycles. The van der Waals surface area contributed by atoms with Gasteiger partial charge in [0.1, 0.15) is 0 Å². The number of likely N-dealkylation sites (tertiary alicyclic amines) is 2. The van der Waals surface area contributed by atoms with Gasteiger partial charge in [-0.2, -0.15) is 0 Å². The number of hydrogen-bond acceptors (Lipinski definition) is 2. The van der Waals surface area contributed by atoms with E-state index in [1.54, 1.807) is 5.56 Å². The number of piperidine rings is 1. The van der Waals surface area contributed by atoms with Crippen LogP contribution in [0, 0.1) is 17.8 Å². The van der Waals surface area contributed by atoms with Crippen LogP contribution in [0.5, 0.6) is 0 Å². The van der Waals surface area contributed by atoms with Gasteiger partial charge in [0, 0.05) is 25.7 Å². The van der Waals surface area contributed by atoms with Crippen molar-refractivity contribution in [3.8, 4) is 0 Å². The molecule has 0 spiro atoms. The molecule has 2 saturated heterocycles. The molecule has 2 aromatic rings. The first kappa shape index (κ1) is 17.5.